The minimum Gasteiger partial charge on any atom is -0.481 e. The molecule has 0 spiro atoms. The fraction of sp³-hybridized carbons (Fsp3) is 0.412. The Labute approximate surface area is 124 Å². The number of carboxylic acid groups (broad SMARTS) is 1. The van der Waals surface area contributed by atoms with Gasteiger partial charge in [0.05, 0.1) is 11.8 Å². The van der Waals surface area contributed by atoms with Crippen molar-refractivity contribution in [2.45, 2.75) is 26.2 Å². The van der Waals surface area contributed by atoms with Gasteiger partial charge in [-0.05, 0) is 37.3 Å². The molecule has 21 heavy (non-hydrogen) atoms. The molecular weight excluding hydrogens is 266 g/mol. The summed E-state index contributed by atoms with van der Waals surface area (Å²) in [6, 6.07) is 8.06. The highest BCUT2D eigenvalue weighted by Gasteiger charge is 2.33. The Morgan fingerprint density at radius 1 is 1.19 bits per heavy atom. The Morgan fingerprint density at radius 3 is 2.52 bits per heavy atom. The van der Waals surface area contributed by atoms with E-state index in [1.165, 1.54) is 11.1 Å². The highest BCUT2D eigenvalue weighted by molar-refractivity contribution is 5.85. The number of hydrogen-bond donors (Lipinski definition) is 2. The molecule has 0 unspecified atom stereocenters. The molecule has 1 aliphatic rings. The second-order valence-electron chi connectivity index (χ2n) is 5.46. The third kappa shape index (κ3) is 3.94. The molecule has 2 rings (SSSR count). The number of hydrogen-bond acceptors (Lipinski definition) is 2. The first kappa shape index (κ1) is 15.3. The molecular formula is C17H21NO3. The van der Waals surface area contributed by atoms with Crippen LogP contribution in [0.1, 0.15) is 24.0 Å². The van der Waals surface area contributed by atoms with Crippen molar-refractivity contribution < 1.29 is 14.7 Å². The van der Waals surface area contributed by atoms with Crippen LogP contribution in [0.4, 0.5) is 0 Å². The highest BCUT2D eigenvalue weighted by Crippen LogP contribution is 2.26. The van der Waals surface area contributed by atoms with E-state index in [2.05, 4.69) is 5.32 Å². The van der Waals surface area contributed by atoms with Gasteiger partial charge in [-0.15, -0.1) is 0 Å². The zero-order valence-corrected chi connectivity index (χ0v) is 12.2. The molecule has 1 aromatic rings. The van der Waals surface area contributed by atoms with Crippen molar-refractivity contribution in [2.75, 3.05) is 6.54 Å². The molecule has 4 nitrogen and oxygen atoms in total. The zero-order chi connectivity index (χ0) is 15.2. The van der Waals surface area contributed by atoms with E-state index in [9.17, 15) is 14.7 Å². The van der Waals surface area contributed by atoms with Crippen molar-refractivity contribution >= 4 is 11.9 Å². The predicted molar refractivity (Wildman–Crippen MR) is 80.9 cm³/mol. The van der Waals surface area contributed by atoms with Gasteiger partial charge in [-0.3, -0.25) is 9.59 Å². The number of benzene rings is 1. The number of allylic oxidation sites excluding steroid dienone is 2. The first-order valence-electron chi connectivity index (χ1n) is 7.29. The lowest BCUT2D eigenvalue weighted by molar-refractivity contribution is -0.147. The van der Waals surface area contributed by atoms with Crippen molar-refractivity contribution in [3.8, 4) is 0 Å². The molecule has 1 aromatic carbocycles. The summed E-state index contributed by atoms with van der Waals surface area (Å²) in [6.07, 6.45) is 5.44. The Balaban J connectivity index is 1.88. The minimum absolute atomic E-state index is 0.152. The Hall–Kier alpha value is -2.10. The van der Waals surface area contributed by atoms with Gasteiger partial charge in [0.25, 0.3) is 0 Å². The van der Waals surface area contributed by atoms with Crippen molar-refractivity contribution in [3.63, 3.8) is 0 Å². The third-order valence-corrected chi connectivity index (χ3v) is 4.04. The number of carbonyl (C=O) groups excluding carboxylic acids is 1. The molecule has 1 amide bonds. The van der Waals surface area contributed by atoms with Gasteiger partial charge in [0, 0.05) is 6.54 Å². The van der Waals surface area contributed by atoms with Crippen LogP contribution in [0.3, 0.4) is 0 Å². The molecule has 0 fully saturated rings. The maximum absolute atomic E-state index is 12.2. The first-order chi connectivity index (χ1) is 10.1. The first-order valence-corrected chi connectivity index (χ1v) is 7.29. The molecule has 0 heterocycles. The molecule has 4 heteroatoms. The van der Waals surface area contributed by atoms with Gasteiger partial charge in [0.1, 0.15) is 0 Å². The average molecular weight is 287 g/mol. The lowest BCUT2D eigenvalue weighted by Gasteiger charge is -2.24. The highest BCUT2D eigenvalue weighted by atomic mass is 16.4. The smallest absolute Gasteiger partial charge is 0.307 e. The lowest BCUT2D eigenvalue weighted by atomic mass is 9.82. The lowest BCUT2D eigenvalue weighted by Crippen LogP contribution is -2.39. The summed E-state index contributed by atoms with van der Waals surface area (Å²) < 4.78 is 0. The summed E-state index contributed by atoms with van der Waals surface area (Å²) in [5.41, 5.74) is 2.41. The fourth-order valence-corrected chi connectivity index (χ4v) is 2.72. The van der Waals surface area contributed by atoms with Gasteiger partial charge in [-0.1, -0.05) is 36.4 Å². The van der Waals surface area contributed by atoms with E-state index in [0.717, 1.165) is 6.42 Å². The number of nitrogens with one attached hydrogen (secondary N) is 1. The Bertz CT molecular complexity index is 551. The maximum Gasteiger partial charge on any atom is 0.307 e. The van der Waals surface area contributed by atoms with Crippen LogP contribution in [0.15, 0.2) is 36.4 Å². The van der Waals surface area contributed by atoms with Crippen LogP contribution < -0.4 is 5.32 Å². The van der Waals surface area contributed by atoms with Gasteiger partial charge >= 0.3 is 5.97 Å². The molecule has 0 aliphatic heterocycles. The summed E-state index contributed by atoms with van der Waals surface area (Å²) in [6.45, 7) is 2.58. The van der Waals surface area contributed by atoms with Crippen LogP contribution in [0, 0.1) is 18.8 Å². The summed E-state index contributed by atoms with van der Waals surface area (Å²) in [5.74, 6) is -2.10. The van der Waals surface area contributed by atoms with Gasteiger partial charge < -0.3 is 10.4 Å². The van der Waals surface area contributed by atoms with E-state index in [1.54, 1.807) is 0 Å². The Kier molecular flexibility index (Phi) is 5.14. The summed E-state index contributed by atoms with van der Waals surface area (Å²) in [5, 5.41) is 12.1. The summed E-state index contributed by atoms with van der Waals surface area (Å²) in [4.78, 5) is 23.4. The normalized spacial score (nSPS) is 21.0. The van der Waals surface area contributed by atoms with Crippen LogP contribution in [-0.2, 0) is 16.0 Å². The molecule has 0 aromatic heterocycles. The Morgan fingerprint density at radius 2 is 1.86 bits per heavy atom. The fourth-order valence-electron chi connectivity index (χ4n) is 2.72. The quantitative estimate of drug-likeness (QED) is 0.817. The average Bonchev–Trinajstić information content (AvgIpc) is 2.49. The maximum atomic E-state index is 12.2. The van der Waals surface area contributed by atoms with E-state index in [1.807, 2.05) is 43.3 Å². The van der Waals surface area contributed by atoms with Gasteiger partial charge in [-0.2, -0.15) is 0 Å². The van der Waals surface area contributed by atoms with E-state index < -0.39 is 17.8 Å². The van der Waals surface area contributed by atoms with E-state index in [-0.39, 0.29) is 5.91 Å². The van der Waals surface area contributed by atoms with Crippen LogP contribution in [0.25, 0.3) is 0 Å². The van der Waals surface area contributed by atoms with Crippen molar-refractivity contribution in [2.24, 2.45) is 11.8 Å². The molecule has 2 N–H and O–H groups in total. The van der Waals surface area contributed by atoms with Gasteiger partial charge in [0.2, 0.25) is 5.91 Å². The number of aliphatic carboxylic acids is 1. The molecule has 0 saturated heterocycles. The zero-order valence-electron chi connectivity index (χ0n) is 12.2. The van der Waals surface area contributed by atoms with E-state index in [0.29, 0.717) is 19.4 Å². The number of carboxylic acids is 1. The summed E-state index contributed by atoms with van der Waals surface area (Å²) in [7, 11) is 0. The van der Waals surface area contributed by atoms with E-state index >= 15 is 0 Å². The number of carbonyl (C=O) groups is 2. The van der Waals surface area contributed by atoms with E-state index in [4.69, 9.17) is 0 Å². The monoisotopic (exact) mass is 287 g/mol. The molecule has 2 atom stereocenters. The minimum atomic E-state index is -0.890. The number of amides is 1. The predicted octanol–water partition coefficient (Wildman–Crippen LogP) is 2.32. The largest absolute Gasteiger partial charge is 0.481 e. The van der Waals surface area contributed by atoms with Crippen molar-refractivity contribution in [3.05, 3.63) is 47.5 Å². The molecule has 0 saturated carbocycles. The molecule has 0 bridgehead atoms. The van der Waals surface area contributed by atoms with Gasteiger partial charge in [-0.25, -0.2) is 0 Å². The van der Waals surface area contributed by atoms with Crippen molar-refractivity contribution in [1.82, 2.24) is 5.32 Å². The second kappa shape index (κ2) is 7.07. The van der Waals surface area contributed by atoms with Crippen LogP contribution in [0.2, 0.25) is 0 Å². The van der Waals surface area contributed by atoms with Crippen LogP contribution in [0.5, 0.6) is 0 Å². The molecule has 1 aliphatic carbocycles. The molecule has 112 valence electrons. The van der Waals surface area contributed by atoms with Crippen LogP contribution >= 0.6 is 0 Å². The number of aryl methyl sites for hydroxylation is 1. The summed E-state index contributed by atoms with van der Waals surface area (Å²) >= 11 is 0. The standard InChI is InChI=1S/C17H21NO3/c1-12-6-2-3-7-13(12)10-11-18-16(19)14-8-4-5-9-15(14)17(20)21/h2-7,14-15H,8-11H2,1H3,(H,18,19)(H,20,21)/t14-,15+/m1/s1. The third-order valence-electron chi connectivity index (χ3n) is 4.04. The van der Waals surface area contributed by atoms with Gasteiger partial charge in [0.15, 0.2) is 0 Å². The topological polar surface area (TPSA) is 66.4 Å². The van der Waals surface area contributed by atoms with Crippen LogP contribution in [-0.4, -0.2) is 23.5 Å². The molecule has 0 radical (unpaired) electrons. The van der Waals surface area contributed by atoms with Crippen molar-refractivity contribution in [1.29, 1.82) is 0 Å². The SMILES string of the molecule is Cc1ccccc1CCNC(=O)[C@@H]1CC=CC[C@@H]1C(=O)O. The second-order valence-corrected chi connectivity index (χ2v) is 5.46. The number of rotatable bonds is 5.